The van der Waals surface area contributed by atoms with Crippen molar-refractivity contribution < 1.29 is 8.42 Å². The Morgan fingerprint density at radius 3 is 2.45 bits per heavy atom. The van der Waals surface area contributed by atoms with E-state index in [1.165, 1.54) is 0 Å². The maximum atomic E-state index is 10.7. The molecule has 0 aromatic heterocycles. The Labute approximate surface area is 65.2 Å². The second-order valence-corrected chi connectivity index (χ2v) is 3.47. The van der Waals surface area contributed by atoms with Gasteiger partial charge in [0.25, 0.3) is 0 Å². The van der Waals surface area contributed by atoms with Crippen LogP contribution in [0.1, 0.15) is 19.8 Å². The zero-order valence-corrected chi connectivity index (χ0v) is 6.93. The summed E-state index contributed by atoms with van der Waals surface area (Å²) in [6, 6.07) is 0. The minimum atomic E-state index is -3.62. The molecule has 0 spiro atoms. The summed E-state index contributed by atoms with van der Waals surface area (Å²) in [4.78, 5) is 0. The minimum Gasteiger partial charge on any atom is -0.381 e. The first kappa shape index (κ1) is 8.19. The molecule has 1 aliphatic rings. The van der Waals surface area contributed by atoms with Crippen molar-refractivity contribution in [3.63, 3.8) is 0 Å². The normalized spacial score (nSPS) is 21.2. The van der Waals surface area contributed by atoms with Gasteiger partial charge in [-0.2, -0.15) is 8.42 Å². The molecule has 0 aromatic carbocycles. The third-order valence-corrected chi connectivity index (χ3v) is 2.10. The highest BCUT2D eigenvalue weighted by molar-refractivity contribution is 7.89. The van der Waals surface area contributed by atoms with Gasteiger partial charge in [0.05, 0.1) is 5.71 Å². The minimum absolute atomic E-state index is 0.0341. The zero-order valence-electron chi connectivity index (χ0n) is 6.11. The van der Waals surface area contributed by atoms with E-state index >= 15 is 0 Å². The first-order valence-electron chi connectivity index (χ1n) is 3.25. The van der Waals surface area contributed by atoms with Crippen LogP contribution in [0.25, 0.3) is 0 Å². The predicted octanol–water partition coefficient (Wildman–Crippen LogP) is -0.157. The summed E-state index contributed by atoms with van der Waals surface area (Å²) >= 11 is 0. The van der Waals surface area contributed by atoms with Gasteiger partial charge in [0.2, 0.25) is 0 Å². The molecule has 0 saturated heterocycles. The number of amidine groups is 1. The number of hydrogen-bond donors (Lipinski definition) is 1. The predicted molar refractivity (Wildman–Crippen MR) is 42.9 cm³/mol. The van der Waals surface area contributed by atoms with E-state index in [0.29, 0.717) is 12.1 Å². The van der Waals surface area contributed by atoms with Crippen molar-refractivity contribution in [2.75, 3.05) is 0 Å². The fourth-order valence-electron chi connectivity index (χ4n) is 0.794. The first-order chi connectivity index (χ1) is 5.05. The number of hydrogen-bond acceptors (Lipinski definition) is 3. The monoisotopic (exact) mass is 175 g/mol. The molecule has 6 heteroatoms. The lowest BCUT2D eigenvalue weighted by Gasteiger charge is -1.92. The lowest BCUT2D eigenvalue weighted by Crippen LogP contribution is -2.20. The molecule has 0 saturated carbocycles. The zero-order chi connectivity index (χ0) is 8.48. The van der Waals surface area contributed by atoms with E-state index < -0.39 is 10.2 Å². The van der Waals surface area contributed by atoms with Crippen LogP contribution >= 0.6 is 0 Å². The summed E-state index contributed by atoms with van der Waals surface area (Å²) in [5.74, 6) is 0.0341. The molecule has 0 fully saturated rings. The maximum absolute atomic E-state index is 10.7. The highest BCUT2D eigenvalue weighted by Gasteiger charge is 2.19. The number of nitrogens with two attached hydrogens (primary N) is 1. The highest BCUT2D eigenvalue weighted by atomic mass is 32.2. The van der Waals surface area contributed by atoms with Crippen molar-refractivity contribution in [1.29, 1.82) is 0 Å². The standard InChI is InChI=1S/C5H9N3O2S/c1-2-3-4-5(6)8-11(9,10)7-4/h2-3H2,1H3,(H2,6,8). The van der Waals surface area contributed by atoms with Gasteiger partial charge in [0.15, 0.2) is 5.84 Å². The number of rotatable bonds is 2. The van der Waals surface area contributed by atoms with Crippen LogP contribution in [0.15, 0.2) is 8.80 Å². The van der Waals surface area contributed by atoms with Crippen LogP contribution < -0.4 is 5.73 Å². The van der Waals surface area contributed by atoms with E-state index in [1.807, 2.05) is 6.92 Å². The van der Waals surface area contributed by atoms with Crippen LogP contribution in [-0.4, -0.2) is 20.0 Å². The average molecular weight is 175 g/mol. The lowest BCUT2D eigenvalue weighted by atomic mass is 10.2. The molecular formula is C5H9N3O2S. The molecule has 5 nitrogen and oxygen atoms in total. The Balaban J connectivity index is 2.95. The molecule has 0 aromatic rings. The molecule has 2 N–H and O–H groups in total. The molecule has 0 atom stereocenters. The molecule has 1 heterocycles. The first-order valence-corrected chi connectivity index (χ1v) is 4.64. The summed E-state index contributed by atoms with van der Waals surface area (Å²) in [6.45, 7) is 1.92. The molecule has 1 aliphatic heterocycles. The Hall–Kier alpha value is -0.910. The largest absolute Gasteiger partial charge is 0.381 e. The fourth-order valence-corrected chi connectivity index (χ4v) is 1.65. The fraction of sp³-hybridized carbons (Fsp3) is 0.600. The van der Waals surface area contributed by atoms with Crippen molar-refractivity contribution in [2.45, 2.75) is 19.8 Å². The highest BCUT2D eigenvalue weighted by Crippen LogP contribution is 2.07. The van der Waals surface area contributed by atoms with Crippen LogP contribution in [0.3, 0.4) is 0 Å². The van der Waals surface area contributed by atoms with Crippen molar-refractivity contribution in [2.24, 2.45) is 14.5 Å². The molecule has 0 amide bonds. The second kappa shape index (κ2) is 2.61. The van der Waals surface area contributed by atoms with E-state index in [2.05, 4.69) is 8.80 Å². The molecular weight excluding hydrogens is 166 g/mol. The summed E-state index contributed by atoms with van der Waals surface area (Å²) < 4.78 is 27.9. The summed E-state index contributed by atoms with van der Waals surface area (Å²) in [5, 5.41) is 0. The molecule has 11 heavy (non-hydrogen) atoms. The van der Waals surface area contributed by atoms with Crippen molar-refractivity contribution >= 4 is 21.8 Å². The van der Waals surface area contributed by atoms with Gasteiger partial charge in [-0.3, -0.25) is 0 Å². The molecule has 62 valence electrons. The van der Waals surface area contributed by atoms with Crippen LogP contribution in [0, 0.1) is 0 Å². The third kappa shape index (κ3) is 1.76. The summed E-state index contributed by atoms with van der Waals surface area (Å²) in [7, 11) is -3.62. The Kier molecular flexibility index (Phi) is 1.95. The third-order valence-electron chi connectivity index (χ3n) is 1.22. The van der Waals surface area contributed by atoms with Gasteiger partial charge in [0.1, 0.15) is 0 Å². The van der Waals surface area contributed by atoms with Gasteiger partial charge in [-0.25, -0.2) is 0 Å². The summed E-state index contributed by atoms with van der Waals surface area (Å²) in [5.41, 5.74) is 5.66. The van der Waals surface area contributed by atoms with E-state index in [9.17, 15) is 8.42 Å². The van der Waals surface area contributed by atoms with Crippen molar-refractivity contribution in [3.8, 4) is 0 Å². The topological polar surface area (TPSA) is 84.9 Å². The van der Waals surface area contributed by atoms with Crippen LogP contribution in [-0.2, 0) is 10.2 Å². The second-order valence-electron chi connectivity index (χ2n) is 2.21. The SMILES string of the molecule is CCCC1=NS(=O)(=O)N=C1N. The van der Waals surface area contributed by atoms with Crippen LogP contribution in [0.2, 0.25) is 0 Å². The number of nitrogens with zero attached hydrogens (tertiary/aromatic N) is 2. The Morgan fingerprint density at radius 2 is 2.09 bits per heavy atom. The molecule has 1 rings (SSSR count). The lowest BCUT2D eigenvalue weighted by molar-refractivity contribution is 0.600. The quantitative estimate of drug-likeness (QED) is 0.633. The van der Waals surface area contributed by atoms with Crippen molar-refractivity contribution in [3.05, 3.63) is 0 Å². The molecule has 0 bridgehead atoms. The molecule has 0 aliphatic carbocycles. The van der Waals surface area contributed by atoms with Gasteiger partial charge < -0.3 is 5.73 Å². The van der Waals surface area contributed by atoms with Crippen LogP contribution in [0.4, 0.5) is 0 Å². The molecule has 0 radical (unpaired) electrons. The van der Waals surface area contributed by atoms with Gasteiger partial charge in [-0.15, -0.1) is 8.80 Å². The Bertz CT molecular complexity index is 315. The average Bonchev–Trinajstić information content (AvgIpc) is 2.07. The van der Waals surface area contributed by atoms with Gasteiger partial charge in [0, 0.05) is 0 Å². The Morgan fingerprint density at radius 1 is 1.45 bits per heavy atom. The van der Waals surface area contributed by atoms with E-state index in [-0.39, 0.29) is 5.84 Å². The van der Waals surface area contributed by atoms with E-state index in [4.69, 9.17) is 5.73 Å². The molecule has 0 unspecified atom stereocenters. The van der Waals surface area contributed by atoms with E-state index in [0.717, 1.165) is 6.42 Å². The smallest absolute Gasteiger partial charge is 0.365 e. The van der Waals surface area contributed by atoms with Gasteiger partial charge >= 0.3 is 10.2 Å². The van der Waals surface area contributed by atoms with E-state index in [1.54, 1.807) is 0 Å². The van der Waals surface area contributed by atoms with Gasteiger partial charge in [-0.1, -0.05) is 13.3 Å². The van der Waals surface area contributed by atoms with Crippen LogP contribution in [0.5, 0.6) is 0 Å². The van der Waals surface area contributed by atoms with Crippen molar-refractivity contribution in [1.82, 2.24) is 0 Å². The van der Waals surface area contributed by atoms with Gasteiger partial charge in [-0.05, 0) is 6.42 Å². The maximum Gasteiger partial charge on any atom is 0.365 e. The summed E-state index contributed by atoms with van der Waals surface area (Å²) in [6.07, 6.45) is 1.37.